The van der Waals surface area contributed by atoms with Crippen molar-refractivity contribution in [1.82, 2.24) is 4.98 Å². The molecular formula is C18H15NO2S. The number of rotatable bonds is 3. The zero-order valence-electron chi connectivity index (χ0n) is 12.3. The summed E-state index contributed by atoms with van der Waals surface area (Å²) in [5, 5.41) is 0.894. The predicted molar refractivity (Wildman–Crippen MR) is 91.7 cm³/mol. The van der Waals surface area contributed by atoms with Crippen LogP contribution in [0, 0.1) is 13.8 Å². The van der Waals surface area contributed by atoms with Gasteiger partial charge in [0.25, 0.3) is 5.56 Å². The van der Waals surface area contributed by atoms with E-state index in [0.717, 1.165) is 21.3 Å². The summed E-state index contributed by atoms with van der Waals surface area (Å²) < 4.78 is 0. The molecule has 3 rings (SSSR count). The Balaban J connectivity index is 2.04. The highest BCUT2D eigenvalue weighted by molar-refractivity contribution is 7.12. The maximum atomic E-state index is 12.4. The quantitative estimate of drug-likeness (QED) is 0.585. The number of allylic oxidation sites excluding steroid dienone is 1. The van der Waals surface area contributed by atoms with Crippen LogP contribution in [0.2, 0.25) is 0 Å². The topological polar surface area (TPSA) is 49.9 Å². The van der Waals surface area contributed by atoms with Gasteiger partial charge >= 0.3 is 0 Å². The molecule has 0 bridgehead atoms. The van der Waals surface area contributed by atoms with Crippen LogP contribution in [0.15, 0.2) is 47.3 Å². The molecule has 22 heavy (non-hydrogen) atoms. The summed E-state index contributed by atoms with van der Waals surface area (Å²) in [6.45, 7) is 3.83. The molecule has 0 atom stereocenters. The molecule has 4 heteroatoms. The number of para-hydroxylation sites is 1. The van der Waals surface area contributed by atoms with Crippen LogP contribution >= 0.6 is 11.3 Å². The van der Waals surface area contributed by atoms with Crippen molar-refractivity contribution < 1.29 is 4.79 Å². The second-order valence-electron chi connectivity index (χ2n) is 5.15. The number of aromatic nitrogens is 1. The molecule has 0 aliphatic heterocycles. The first kappa shape index (κ1) is 14.5. The second-order valence-corrected chi connectivity index (χ2v) is 6.47. The Hall–Kier alpha value is -2.46. The van der Waals surface area contributed by atoms with Crippen molar-refractivity contribution in [3.05, 3.63) is 73.7 Å². The monoisotopic (exact) mass is 309 g/mol. The molecule has 2 aromatic heterocycles. The van der Waals surface area contributed by atoms with Crippen molar-refractivity contribution in [2.75, 3.05) is 0 Å². The first-order valence-corrected chi connectivity index (χ1v) is 7.78. The molecule has 1 N–H and O–H groups in total. The van der Waals surface area contributed by atoms with Crippen molar-refractivity contribution in [3.8, 4) is 0 Å². The number of pyridine rings is 1. The van der Waals surface area contributed by atoms with Gasteiger partial charge in [0.1, 0.15) is 0 Å². The van der Waals surface area contributed by atoms with Gasteiger partial charge < -0.3 is 4.98 Å². The number of hydrogen-bond donors (Lipinski definition) is 1. The number of thiophene rings is 1. The largest absolute Gasteiger partial charge is 0.321 e. The molecule has 0 unspecified atom stereocenters. The summed E-state index contributed by atoms with van der Waals surface area (Å²) in [5.74, 6) is -0.268. The van der Waals surface area contributed by atoms with E-state index in [1.165, 1.54) is 11.0 Å². The predicted octanol–water partition coefficient (Wildman–Crippen LogP) is 4.10. The van der Waals surface area contributed by atoms with Gasteiger partial charge in [-0.05, 0) is 49.8 Å². The lowest BCUT2D eigenvalue weighted by atomic mass is 10.0. The van der Waals surface area contributed by atoms with E-state index in [9.17, 15) is 9.59 Å². The van der Waals surface area contributed by atoms with Crippen LogP contribution in [0.4, 0.5) is 0 Å². The SMILES string of the molecule is Cc1ccc(/C=C/C(=O)c2c(C)c3ccccc3[nH]c2=O)s1. The summed E-state index contributed by atoms with van der Waals surface area (Å²) >= 11 is 1.61. The zero-order chi connectivity index (χ0) is 15.7. The Labute approximate surface area is 131 Å². The molecule has 0 saturated heterocycles. The van der Waals surface area contributed by atoms with Gasteiger partial charge in [-0.25, -0.2) is 0 Å². The lowest BCUT2D eigenvalue weighted by molar-refractivity contribution is 0.104. The molecule has 0 aliphatic carbocycles. The van der Waals surface area contributed by atoms with E-state index in [-0.39, 0.29) is 16.9 Å². The van der Waals surface area contributed by atoms with Crippen LogP contribution in [0.25, 0.3) is 17.0 Å². The maximum absolute atomic E-state index is 12.4. The molecule has 2 heterocycles. The normalized spacial score (nSPS) is 11.4. The summed E-state index contributed by atoms with van der Waals surface area (Å²) in [6, 6.07) is 11.5. The third-order valence-corrected chi connectivity index (χ3v) is 4.55. The number of ketones is 1. The number of benzene rings is 1. The molecule has 1 aromatic carbocycles. The molecule has 3 aromatic rings. The highest BCUT2D eigenvalue weighted by Crippen LogP contribution is 2.19. The smallest absolute Gasteiger partial charge is 0.259 e. The van der Waals surface area contributed by atoms with Crippen molar-refractivity contribution in [1.29, 1.82) is 0 Å². The standard InChI is InChI=1S/C18H15NO2S/c1-11-7-8-13(22-11)9-10-16(20)17-12(2)14-5-3-4-6-15(14)19-18(17)21/h3-10H,1-2H3,(H,19,21)/b10-9+. The van der Waals surface area contributed by atoms with Gasteiger partial charge in [-0.15, -0.1) is 11.3 Å². The summed E-state index contributed by atoms with van der Waals surface area (Å²) in [4.78, 5) is 29.6. The highest BCUT2D eigenvalue weighted by atomic mass is 32.1. The third kappa shape index (κ3) is 2.65. The van der Waals surface area contributed by atoms with E-state index < -0.39 is 0 Å². The summed E-state index contributed by atoms with van der Waals surface area (Å²) in [7, 11) is 0. The third-order valence-electron chi connectivity index (χ3n) is 3.59. The summed E-state index contributed by atoms with van der Waals surface area (Å²) in [6.07, 6.45) is 3.23. The zero-order valence-corrected chi connectivity index (χ0v) is 13.2. The Morgan fingerprint density at radius 1 is 1.14 bits per heavy atom. The number of aryl methyl sites for hydroxylation is 2. The van der Waals surface area contributed by atoms with Gasteiger partial charge in [-0.1, -0.05) is 18.2 Å². The van der Waals surface area contributed by atoms with Crippen molar-refractivity contribution in [2.45, 2.75) is 13.8 Å². The fraction of sp³-hybridized carbons (Fsp3) is 0.111. The molecule has 0 spiro atoms. The molecule has 0 fully saturated rings. The number of H-pyrrole nitrogens is 1. The van der Waals surface area contributed by atoms with Crippen LogP contribution in [0.1, 0.15) is 25.7 Å². The minimum Gasteiger partial charge on any atom is -0.321 e. The van der Waals surface area contributed by atoms with Crippen LogP contribution in [0.5, 0.6) is 0 Å². The van der Waals surface area contributed by atoms with Crippen LogP contribution in [-0.2, 0) is 0 Å². The lowest BCUT2D eigenvalue weighted by Crippen LogP contribution is -2.18. The van der Waals surface area contributed by atoms with Gasteiger partial charge in [-0.2, -0.15) is 0 Å². The number of nitrogens with one attached hydrogen (secondary N) is 1. The number of aromatic amines is 1. The Morgan fingerprint density at radius 2 is 1.91 bits per heavy atom. The molecule has 110 valence electrons. The number of fused-ring (bicyclic) bond motifs is 1. The lowest BCUT2D eigenvalue weighted by Gasteiger charge is -2.05. The molecule has 0 aliphatic rings. The van der Waals surface area contributed by atoms with Gasteiger partial charge in [0.05, 0.1) is 5.56 Å². The molecular weight excluding hydrogens is 294 g/mol. The molecule has 0 amide bonds. The molecule has 3 nitrogen and oxygen atoms in total. The van der Waals surface area contributed by atoms with E-state index >= 15 is 0 Å². The van der Waals surface area contributed by atoms with E-state index in [2.05, 4.69) is 4.98 Å². The van der Waals surface area contributed by atoms with Crippen LogP contribution < -0.4 is 5.56 Å². The number of carbonyl (C=O) groups excluding carboxylic acids is 1. The average Bonchev–Trinajstić information content (AvgIpc) is 2.91. The minimum absolute atomic E-state index is 0.211. The summed E-state index contributed by atoms with van der Waals surface area (Å²) in [5.41, 5.74) is 1.34. The van der Waals surface area contributed by atoms with Crippen LogP contribution in [0.3, 0.4) is 0 Å². The maximum Gasteiger partial charge on any atom is 0.259 e. The Bertz CT molecular complexity index is 947. The Kier molecular flexibility index (Phi) is 3.77. The highest BCUT2D eigenvalue weighted by Gasteiger charge is 2.14. The van der Waals surface area contributed by atoms with Crippen molar-refractivity contribution in [2.24, 2.45) is 0 Å². The average molecular weight is 309 g/mol. The van der Waals surface area contributed by atoms with E-state index in [0.29, 0.717) is 0 Å². The van der Waals surface area contributed by atoms with E-state index in [4.69, 9.17) is 0 Å². The van der Waals surface area contributed by atoms with E-state index in [1.54, 1.807) is 17.4 Å². The fourth-order valence-electron chi connectivity index (χ4n) is 2.49. The number of carbonyl (C=O) groups is 1. The van der Waals surface area contributed by atoms with Crippen molar-refractivity contribution in [3.63, 3.8) is 0 Å². The molecule has 0 saturated carbocycles. The second kappa shape index (κ2) is 5.73. The molecule has 0 radical (unpaired) electrons. The van der Waals surface area contributed by atoms with Gasteiger partial charge in [-0.3, -0.25) is 9.59 Å². The van der Waals surface area contributed by atoms with Gasteiger partial charge in [0.15, 0.2) is 5.78 Å². The first-order chi connectivity index (χ1) is 10.6. The van der Waals surface area contributed by atoms with Gasteiger partial charge in [0.2, 0.25) is 0 Å². The Morgan fingerprint density at radius 3 is 2.64 bits per heavy atom. The van der Waals surface area contributed by atoms with Crippen molar-refractivity contribution >= 4 is 34.1 Å². The van der Waals surface area contributed by atoms with E-state index in [1.807, 2.05) is 50.2 Å². The fourth-order valence-corrected chi connectivity index (χ4v) is 3.27. The first-order valence-electron chi connectivity index (χ1n) is 6.97. The number of hydrogen-bond acceptors (Lipinski definition) is 3. The van der Waals surface area contributed by atoms with Crippen LogP contribution in [-0.4, -0.2) is 10.8 Å². The van der Waals surface area contributed by atoms with Gasteiger partial charge in [0, 0.05) is 20.7 Å². The minimum atomic E-state index is -0.340.